The van der Waals surface area contributed by atoms with Gasteiger partial charge in [-0.05, 0) is 18.8 Å². The van der Waals surface area contributed by atoms with Crippen molar-refractivity contribution >= 4 is 5.82 Å². The second kappa shape index (κ2) is 5.21. The smallest absolute Gasteiger partial charge is 0.295 e. The highest BCUT2D eigenvalue weighted by atomic mass is 16.5. The Bertz CT molecular complexity index is 490. The zero-order chi connectivity index (χ0) is 13.2. The SMILES string of the molecule is COc1c(N2CCN(CC3CC3)CC2)nc[nH]c1=O. The molecule has 0 bridgehead atoms. The summed E-state index contributed by atoms with van der Waals surface area (Å²) in [6.45, 7) is 5.11. The van der Waals surface area contributed by atoms with E-state index >= 15 is 0 Å². The number of anilines is 1. The number of hydrogen-bond donors (Lipinski definition) is 1. The van der Waals surface area contributed by atoms with Gasteiger partial charge in [0.25, 0.3) is 5.56 Å². The highest BCUT2D eigenvalue weighted by molar-refractivity contribution is 5.50. The van der Waals surface area contributed by atoms with Crippen molar-refractivity contribution in [3.05, 3.63) is 16.7 Å². The van der Waals surface area contributed by atoms with E-state index in [0.717, 1.165) is 32.1 Å². The lowest BCUT2D eigenvalue weighted by atomic mass is 10.2. The minimum absolute atomic E-state index is 0.215. The normalized spacial score (nSPS) is 20.6. The van der Waals surface area contributed by atoms with Crippen LogP contribution in [0.3, 0.4) is 0 Å². The van der Waals surface area contributed by atoms with Crippen LogP contribution in [0.4, 0.5) is 5.82 Å². The molecule has 1 aromatic rings. The van der Waals surface area contributed by atoms with Crippen molar-refractivity contribution in [2.75, 3.05) is 44.7 Å². The van der Waals surface area contributed by atoms with Gasteiger partial charge in [0, 0.05) is 32.7 Å². The first-order valence-corrected chi connectivity index (χ1v) is 6.87. The van der Waals surface area contributed by atoms with Crippen molar-refractivity contribution in [1.29, 1.82) is 0 Å². The van der Waals surface area contributed by atoms with Gasteiger partial charge in [-0.1, -0.05) is 0 Å². The molecule has 6 heteroatoms. The Morgan fingerprint density at radius 1 is 1.37 bits per heavy atom. The van der Waals surface area contributed by atoms with Crippen molar-refractivity contribution in [3.63, 3.8) is 0 Å². The predicted molar refractivity (Wildman–Crippen MR) is 72.8 cm³/mol. The quantitative estimate of drug-likeness (QED) is 0.848. The molecule has 6 nitrogen and oxygen atoms in total. The summed E-state index contributed by atoms with van der Waals surface area (Å²) in [6.07, 6.45) is 4.23. The van der Waals surface area contributed by atoms with Crippen LogP contribution in [0, 0.1) is 5.92 Å². The number of aromatic amines is 1. The zero-order valence-electron chi connectivity index (χ0n) is 11.3. The molecule has 104 valence electrons. The second-order valence-electron chi connectivity index (χ2n) is 5.32. The van der Waals surface area contributed by atoms with E-state index in [1.54, 1.807) is 0 Å². The van der Waals surface area contributed by atoms with E-state index in [2.05, 4.69) is 19.8 Å². The summed E-state index contributed by atoms with van der Waals surface area (Å²) in [5.74, 6) is 1.91. The molecule has 2 fully saturated rings. The monoisotopic (exact) mass is 264 g/mol. The number of rotatable bonds is 4. The summed E-state index contributed by atoms with van der Waals surface area (Å²) in [4.78, 5) is 23.1. The number of aromatic nitrogens is 2. The van der Waals surface area contributed by atoms with E-state index in [-0.39, 0.29) is 5.56 Å². The second-order valence-corrected chi connectivity index (χ2v) is 5.32. The zero-order valence-corrected chi connectivity index (χ0v) is 11.3. The number of ether oxygens (including phenoxy) is 1. The van der Waals surface area contributed by atoms with Crippen molar-refractivity contribution in [2.24, 2.45) is 5.92 Å². The summed E-state index contributed by atoms with van der Waals surface area (Å²) >= 11 is 0. The van der Waals surface area contributed by atoms with Crippen LogP contribution in [0.2, 0.25) is 0 Å². The topological polar surface area (TPSA) is 61.5 Å². The third-order valence-corrected chi connectivity index (χ3v) is 3.88. The Morgan fingerprint density at radius 3 is 2.74 bits per heavy atom. The summed E-state index contributed by atoms with van der Waals surface area (Å²) in [5, 5.41) is 0. The van der Waals surface area contributed by atoms with Gasteiger partial charge in [0.05, 0.1) is 13.4 Å². The lowest BCUT2D eigenvalue weighted by Gasteiger charge is -2.35. The van der Waals surface area contributed by atoms with Gasteiger partial charge < -0.3 is 14.6 Å². The van der Waals surface area contributed by atoms with Gasteiger partial charge in [-0.2, -0.15) is 0 Å². The van der Waals surface area contributed by atoms with Crippen LogP contribution in [-0.4, -0.2) is 54.7 Å². The molecule has 3 rings (SSSR count). The van der Waals surface area contributed by atoms with Crippen molar-refractivity contribution < 1.29 is 4.74 Å². The molecule has 1 aliphatic heterocycles. The summed E-state index contributed by atoms with van der Waals surface area (Å²) in [6, 6.07) is 0. The maximum absolute atomic E-state index is 11.7. The van der Waals surface area contributed by atoms with Crippen molar-refractivity contribution in [2.45, 2.75) is 12.8 Å². The van der Waals surface area contributed by atoms with E-state index < -0.39 is 0 Å². The average Bonchev–Trinajstić information content (AvgIpc) is 3.23. The Hall–Kier alpha value is -1.56. The third-order valence-electron chi connectivity index (χ3n) is 3.88. The molecule has 2 aliphatic rings. The fourth-order valence-electron chi connectivity index (χ4n) is 2.59. The van der Waals surface area contributed by atoms with Gasteiger partial charge in [0.2, 0.25) is 5.75 Å². The van der Waals surface area contributed by atoms with Gasteiger partial charge in [-0.3, -0.25) is 9.69 Å². The Balaban J connectivity index is 1.67. The summed E-state index contributed by atoms with van der Waals surface area (Å²) in [7, 11) is 1.51. The maximum atomic E-state index is 11.7. The van der Waals surface area contributed by atoms with Gasteiger partial charge >= 0.3 is 0 Å². The lowest BCUT2D eigenvalue weighted by molar-refractivity contribution is 0.246. The number of piperazine rings is 1. The van der Waals surface area contributed by atoms with Crippen molar-refractivity contribution in [3.8, 4) is 5.75 Å². The molecule has 1 saturated carbocycles. The molecule has 0 aromatic carbocycles. The van der Waals surface area contributed by atoms with Crippen LogP contribution in [0.1, 0.15) is 12.8 Å². The van der Waals surface area contributed by atoms with Gasteiger partial charge in [-0.15, -0.1) is 0 Å². The largest absolute Gasteiger partial charge is 0.489 e. The van der Waals surface area contributed by atoms with E-state index in [0.29, 0.717) is 11.6 Å². The highest BCUT2D eigenvalue weighted by Crippen LogP contribution is 2.30. The lowest BCUT2D eigenvalue weighted by Crippen LogP contribution is -2.47. The van der Waals surface area contributed by atoms with E-state index in [1.807, 2.05) is 0 Å². The molecule has 1 aromatic heterocycles. The number of H-pyrrole nitrogens is 1. The van der Waals surface area contributed by atoms with Crippen LogP contribution in [0.5, 0.6) is 5.75 Å². The molecule has 19 heavy (non-hydrogen) atoms. The van der Waals surface area contributed by atoms with E-state index in [9.17, 15) is 4.79 Å². The average molecular weight is 264 g/mol. The first-order valence-electron chi connectivity index (χ1n) is 6.87. The predicted octanol–water partition coefficient (Wildman–Crippen LogP) is 0.310. The molecule has 2 heterocycles. The Labute approximate surface area is 112 Å². The molecule has 1 aliphatic carbocycles. The van der Waals surface area contributed by atoms with Crippen molar-refractivity contribution in [1.82, 2.24) is 14.9 Å². The molecular weight excluding hydrogens is 244 g/mol. The maximum Gasteiger partial charge on any atom is 0.295 e. The van der Waals surface area contributed by atoms with Crippen LogP contribution >= 0.6 is 0 Å². The fraction of sp³-hybridized carbons (Fsp3) is 0.692. The molecule has 1 N–H and O–H groups in total. The van der Waals surface area contributed by atoms with Crippen LogP contribution in [0.15, 0.2) is 11.1 Å². The Kier molecular flexibility index (Phi) is 3.42. The number of hydrogen-bond acceptors (Lipinski definition) is 5. The van der Waals surface area contributed by atoms with Gasteiger partial charge in [0.1, 0.15) is 0 Å². The first-order chi connectivity index (χ1) is 9.28. The van der Waals surface area contributed by atoms with Crippen LogP contribution in [-0.2, 0) is 0 Å². The van der Waals surface area contributed by atoms with Gasteiger partial charge in [-0.25, -0.2) is 4.98 Å². The first kappa shape index (κ1) is 12.5. The molecule has 0 unspecified atom stereocenters. The number of nitrogens with zero attached hydrogens (tertiary/aromatic N) is 3. The van der Waals surface area contributed by atoms with E-state index in [4.69, 9.17) is 4.74 Å². The molecule has 1 saturated heterocycles. The number of methoxy groups -OCH3 is 1. The molecule has 0 spiro atoms. The van der Waals surface area contributed by atoms with Gasteiger partial charge in [0.15, 0.2) is 5.82 Å². The molecule has 0 amide bonds. The highest BCUT2D eigenvalue weighted by Gasteiger charge is 2.27. The van der Waals surface area contributed by atoms with Crippen LogP contribution < -0.4 is 15.2 Å². The fourth-order valence-corrected chi connectivity index (χ4v) is 2.59. The molecule has 0 atom stereocenters. The van der Waals surface area contributed by atoms with Crippen LogP contribution in [0.25, 0.3) is 0 Å². The Morgan fingerprint density at radius 2 is 2.11 bits per heavy atom. The standard InChI is InChI=1S/C13H20N4O2/c1-19-11-12(14-9-15-13(11)18)17-6-4-16(5-7-17)8-10-2-3-10/h9-10H,2-8H2,1H3,(H,14,15,18). The minimum Gasteiger partial charge on any atom is -0.489 e. The molecular formula is C13H20N4O2. The minimum atomic E-state index is -0.215. The number of nitrogens with one attached hydrogen (secondary N) is 1. The summed E-state index contributed by atoms with van der Waals surface area (Å²) in [5.41, 5.74) is -0.215. The summed E-state index contributed by atoms with van der Waals surface area (Å²) < 4.78 is 5.17. The third kappa shape index (κ3) is 2.73. The molecule has 0 radical (unpaired) electrons. The van der Waals surface area contributed by atoms with E-state index in [1.165, 1.54) is 32.8 Å².